The average molecular weight is 422 g/mol. The van der Waals surface area contributed by atoms with Gasteiger partial charge in [-0.3, -0.25) is 19.7 Å². The maximum atomic E-state index is 13.5. The Balaban J connectivity index is 1.54. The minimum atomic E-state index is -0.351. The van der Waals surface area contributed by atoms with Crippen LogP contribution >= 0.6 is 0 Å². The van der Waals surface area contributed by atoms with Gasteiger partial charge < -0.3 is 5.32 Å². The Hall–Kier alpha value is -4.06. The number of allylic oxidation sites excluding steroid dienone is 2. The third kappa shape index (κ3) is 2.46. The molecule has 0 saturated carbocycles. The fourth-order valence-corrected chi connectivity index (χ4v) is 5.51. The molecule has 6 rings (SSSR count). The second kappa shape index (κ2) is 6.72. The predicted octanol–water partition coefficient (Wildman–Crippen LogP) is 5.20. The molecule has 3 aromatic rings. The van der Waals surface area contributed by atoms with Crippen molar-refractivity contribution < 1.29 is 14.5 Å². The minimum absolute atomic E-state index is 0.00942. The van der Waals surface area contributed by atoms with E-state index >= 15 is 0 Å². The zero-order chi connectivity index (χ0) is 22.0. The lowest BCUT2D eigenvalue weighted by molar-refractivity contribution is -0.385. The Morgan fingerprint density at radius 1 is 0.875 bits per heavy atom. The largest absolute Gasteiger partial charge is 0.377 e. The maximum Gasteiger partial charge on any atom is 0.274 e. The molecule has 0 spiro atoms. The van der Waals surface area contributed by atoms with E-state index in [1.165, 1.54) is 6.07 Å². The van der Waals surface area contributed by atoms with E-state index in [0.29, 0.717) is 27.8 Å². The van der Waals surface area contributed by atoms with Crippen LogP contribution in [0, 0.1) is 16.0 Å². The number of fused-ring (bicyclic) bond motifs is 6. The van der Waals surface area contributed by atoms with Crippen molar-refractivity contribution in [1.82, 2.24) is 0 Å². The molecule has 0 fully saturated rings. The van der Waals surface area contributed by atoms with Crippen molar-refractivity contribution in [2.24, 2.45) is 5.92 Å². The van der Waals surface area contributed by atoms with Gasteiger partial charge in [0.05, 0.1) is 16.5 Å². The number of rotatable bonds is 2. The molecule has 6 nitrogen and oxygen atoms in total. The molecule has 0 aromatic heterocycles. The normalized spacial score (nSPS) is 22.4. The topological polar surface area (TPSA) is 89.3 Å². The molecular weight excluding hydrogens is 404 g/mol. The van der Waals surface area contributed by atoms with Crippen LogP contribution < -0.4 is 5.32 Å². The molecule has 32 heavy (non-hydrogen) atoms. The zero-order valence-corrected chi connectivity index (χ0v) is 16.9. The van der Waals surface area contributed by atoms with Gasteiger partial charge in [0.1, 0.15) is 0 Å². The van der Waals surface area contributed by atoms with Crippen molar-refractivity contribution >= 4 is 22.9 Å². The lowest BCUT2D eigenvalue weighted by Gasteiger charge is -2.39. The first-order valence-electron chi connectivity index (χ1n) is 10.6. The van der Waals surface area contributed by atoms with Crippen molar-refractivity contribution in [2.45, 2.75) is 18.4 Å². The first-order valence-corrected chi connectivity index (χ1v) is 10.6. The standard InChI is InChI=1S/C26H18N2O4/c29-25-16-6-1-2-7-17(16)26(30)23-19(25)12-13-20-22(23)14-9-5-10-15(14)24(27-20)18-8-3-4-11-21(18)28(31)32/h1-9,11-15,24,27H,10H2/t14-,15+,24-/m1/s1. The minimum Gasteiger partial charge on any atom is -0.377 e. The number of carbonyl (C=O) groups excluding carboxylic acids is 2. The van der Waals surface area contributed by atoms with Crippen LogP contribution in [-0.2, 0) is 0 Å². The molecule has 0 bridgehead atoms. The van der Waals surface area contributed by atoms with Gasteiger partial charge >= 0.3 is 0 Å². The van der Waals surface area contributed by atoms with Crippen LogP contribution in [0.1, 0.15) is 61.4 Å². The predicted molar refractivity (Wildman–Crippen MR) is 119 cm³/mol. The average Bonchev–Trinajstić information content (AvgIpc) is 3.31. The molecule has 3 atom stereocenters. The molecule has 6 heteroatoms. The van der Waals surface area contributed by atoms with E-state index in [-0.39, 0.29) is 40.1 Å². The molecule has 156 valence electrons. The van der Waals surface area contributed by atoms with Gasteiger partial charge in [0.15, 0.2) is 11.6 Å². The first-order chi connectivity index (χ1) is 15.6. The van der Waals surface area contributed by atoms with Gasteiger partial charge in [-0.25, -0.2) is 0 Å². The SMILES string of the molecule is O=C1c2ccccc2C(=O)c2c1ccc1c2[C@@H]2C=CC[C@@H]2[C@H](c2ccccc2[N+](=O)[O-])N1. The molecule has 0 saturated heterocycles. The summed E-state index contributed by atoms with van der Waals surface area (Å²) < 4.78 is 0. The quantitative estimate of drug-likeness (QED) is 0.273. The van der Waals surface area contributed by atoms with Gasteiger partial charge in [0, 0.05) is 39.9 Å². The van der Waals surface area contributed by atoms with E-state index in [4.69, 9.17) is 0 Å². The van der Waals surface area contributed by atoms with E-state index in [1.807, 2.05) is 12.1 Å². The smallest absolute Gasteiger partial charge is 0.274 e. The first kappa shape index (κ1) is 18.7. The fourth-order valence-electron chi connectivity index (χ4n) is 5.51. The second-order valence-corrected chi connectivity index (χ2v) is 8.44. The molecule has 2 aliphatic carbocycles. The van der Waals surface area contributed by atoms with Gasteiger partial charge in [-0.2, -0.15) is 0 Å². The summed E-state index contributed by atoms with van der Waals surface area (Å²) in [6, 6.07) is 17.0. The van der Waals surface area contributed by atoms with Crippen LogP contribution in [0.5, 0.6) is 0 Å². The number of nitro groups is 1. The van der Waals surface area contributed by atoms with Crippen LogP contribution in [0.25, 0.3) is 0 Å². The Kier molecular flexibility index (Phi) is 3.92. The van der Waals surface area contributed by atoms with Gasteiger partial charge in [0.2, 0.25) is 0 Å². The molecular formula is C26H18N2O4. The number of nitrogens with zero attached hydrogens (tertiary/aromatic N) is 1. The Bertz CT molecular complexity index is 1370. The molecule has 1 aliphatic heterocycles. The molecule has 3 aromatic carbocycles. The van der Waals surface area contributed by atoms with E-state index in [9.17, 15) is 19.7 Å². The number of benzene rings is 3. The number of nitrogens with one attached hydrogen (secondary N) is 1. The molecule has 1 heterocycles. The van der Waals surface area contributed by atoms with Gasteiger partial charge in [0.25, 0.3) is 5.69 Å². The van der Waals surface area contributed by atoms with Crippen LogP contribution in [0.15, 0.2) is 72.8 Å². The van der Waals surface area contributed by atoms with Gasteiger partial charge in [-0.15, -0.1) is 0 Å². The van der Waals surface area contributed by atoms with Crippen molar-refractivity contribution in [2.75, 3.05) is 5.32 Å². The Morgan fingerprint density at radius 2 is 1.59 bits per heavy atom. The molecule has 3 aliphatic rings. The molecule has 0 amide bonds. The summed E-state index contributed by atoms with van der Waals surface area (Å²) in [7, 11) is 0. The number of nitro benzene ring substituents is 1. The van der Waals surface area contributed by atoms with Crippen molar-refractivity contribution in [3.63, 3.8) is 0 Å². The van der Waals surface area contributed by atoms with E-state index in [1.54, 1.807) is 42.5 Å². The summed E-state index contributed by atoms with van der Waals surface area (Å²) in [5.41, 5.74) is 4.04. The lowest BCUT2D eigenvalue weighted by atomic mass is 9.71. The summed E-state index contributed by atoms with van der Waals surface area (Å²) in [5, 5.41) is 15.2. The highest BCUT2D eigenvalue weighted by molar-refractivity contribution is 6.29. The Labute approximate surface area is 183 Å². The van der Waals surface area contributed by atoms with Crippen LogP contribution in [0.4, 0.5) is 11.4 Å². The number of hydrogen-bond acceptors (Lipinski definition) is 5. The second-order valence-electron chi connectivity index (χ2n) is 8.44. The van der Waals surface area contributed by atoms with E-state index in [0.717, 1.165) is 17.7 Å². The van der Waals surface area contributed by atoms with Crippen molar-refractivity contribution in [3.05, 3.63) is 116 Å². The maximum absolute atomic E-state index is 13.5. The van der Waals surface area contributed by atoms with Crippen molar-refractivity contribution in [3.8, 4) is 0 Å². The van der Waals surface area contributed by atoms with Gasteiger partial charge in [-0.05, 0) is 30.0 Å². The summed E-state index contributed by atoms with van der Waals surface area (Å²) in [5.74, 6) is -0.377. The zero-order valence-electron chi connectivity index (χ0n) is 16.9. The highest BCUT2D eigenvalue weighted by Crippen LogP contribution is 2.53. The number of para-hydroxylation sites is 1. The third-order valence-electron chi connectivity index (χ3n) is 6.89. The molecule has 0 unspecified atom stereocenters. The summed E-state index contributed by atoms with van der Waals surface area (Å²) >= 11 is 0. The number of ketones is 2. The van der Waals surface area contributed by atoms with Crippen LogP contribution in [0.3, 0.4) is 0 Å². The lowest BCUT2D eigenvalue weighted by Crippen LogP contribution is -2.33. The highest BCUT2D eigenvalue weighted by atomic mass is 16.6. The third-order valence-corrected chi connectivity index (χ3v) is 6.89. The number of anilines is 1. The van der Waals surface area contributed by atoms with Gasteiger partial charge in [-0.1, -0.05) is 54.6 Å². The van der Waals surface area contributed by atoms with Crippen LogP contribution in [0.2, 0.25) is 0 Å². The highest BCUT2D eigenvalue weighted by Gasteiger charge is 2.44. The number of hydrogen-bond donors (Lipinski definition) is 1. The number of carbonyl (C=O) groups is 2. The summed E-state index contributed by atoms with van der Waals surface area (Å²) in [6.45, 7) is 0. The summed E-state index contributed by atoms with van der Waals surface area (Å²) in [6.07, 6.45) is 4.87. The fraction of sp³-hybridized carbons (Fsp3) is 0.154. The Morgan fingerprint density at radius 3 is 2.38 bits per heavy atom. The van der Waals surface area contributed by atoms with E-state index < -0.39 is 0 Å². The monoisotopic (exact) mass is 422 g/mol. The molecule has 0 radical (unpaired) electrons. The van der Waals surface area contributed by atoms with Crippen molar-refractivity contribution in [1.29, 1.82) is 0 Å². The summed E-state index contributed by atoms with van der Waals surface area (Å²) in [4.78, 5) is 38.0. The van der Waals surface area contributed by atoms with Crippen LogP contribution in [-0.4, -0.2) is 16.5 Å². The van der Waals surface area contributed by atoms with E-state index in [2.05, 4.69) is 17.5 Å². The molecule has 1 N–H and O–H groups in total.